The lowest BCUT2D eigenvalue weighted by molar-refractivity contribution is 0.143. The maximum Gasteiger partial charge on any atom is 0.407 e. The average molecular weight is 401 g/mol. The molecule has 3 aromatic rings. The Balaban J connectivity index is 1.30. The van der Waals surface area contributed by atoms with Gasteiger partial charge in [-0.15, -0.1) is 0 Å². The summed E-state index contributed by atoms with van der Waals surface area (Å²) in [7, 11) is 0. The molecule has 150 valence electrons. The third kappa shape index (κ3) is 4.03. The highest BCUT2D eigenvalue weighted by atomic mass is 16.5. The lowest BCUT2D eigenvalue weighted by atomic mass is 9.98. The summed E-state index contributed by atoms with van der Waals surface area (Å²) in [4.78, 5) is 39.0. The van der Waals surface area contributed by atoms with Gasteiger partial charge in [0.25, 0.3) is 5.56 Å². The lowest BCUT2D eigenvalue weighted by Gasteiger charge is -2.14. The van der Waals surface area contributed by atoms with E-state index in [0.29, 0.717) is 6.42 Å². The van der Waals surface area contributed by atoms with Crippen LogP contribution < -0.4 is 16.6 Å². The monoisotopic (exact) mass is 401 g/mol. The predicted molar refractivity (Wildman–Crippen MR) is 112 cm³/mol. The first-order valence-corrected chi connectivity index (χ1v) is 9.53. The van der Waals surface area contributed by atoms with Crippen molar-refractivity contribution in [2.24, 2.45) is 0 Å². The molecule has 4 rings (SSSR count). The molecule has 30 heavy (non-hydrogen) atoms. The van der Waals surface area contributed by atoms with Crippen molar-refractivity contribution in [1.29, 1.82) is 0 Å². The molecule has 0 saturated heterocycles. The number of aromatic nitrogens is 2. The van der Waals surface area contributed by atoms with Crippen molar-refractivity contribution in [2.75, 3.05) is 13.2 Å². The minimum Gasteiger partial charge on any atom is -0.449 e. The van der Waals surface area contributed by atoms with Crippen LogP contribution in [-0.4, -0.2) is 29.2 Å². The van der Waals surface area contributed by atoms with E-state index in [1.807, 2.05) is 24.3 Å². The van der Waals surface area contributed by atoms with E-state index in [-0.39, 0.29) is 24.6 Å². The Hall–Kier alpha value is -4.05. The van der Waals surface area contributed by atoms with Crippen LogP contribution in [0.1, 0.15) is 29.0 Å². The third-order valence-corrected chi connectivity index (χ3v) is 4.91. The summed E-state index contributed by atoms with van der Waals surface area (Å²) in [5, 5.41) is 2.66. The number of carbonyl (C=O) groups excluding carboxylic acids is 1. The zero-order chi connectivity index (χ0) is 20.9. The highest BCUT2D eigenvalue weighted by molar-refractivity contribution is 5.79. The average Bonchev–Trinajstić information content (AvgIpc) is 3.07. The van der Waals surface area contributed by atoms with Gasteiger partial charge in [-0.2, -0.15) is 0 Å². The van der Waals surface area contributed by atoms with E-state index in [0.717, 1.165) is 11.1 Å². The minimum absolute atomic E-state index is 0.00917. The van der Waals surface area contributed by atoms with Gasteiger partial charge in [-0.25, -0.2) is 9.59 Å². The Bertz CT molecular complexity index is 1220. The number of hydrogen-bond acceptors (Lipinski definition) is 4. The van der Waals surface area contributed by atoms with Gasteiger partial charge in [0.2, 0.25) is 0 Å². The van der Waals surface area contributed by atoms with Gasteiger partial charge in [-0.1, -0.05) is 60.4 Å². The number of nitrogens with one attached hydrogen (secondary N) is 3. The second-order valence-corrected chi connectivity index (χ2v) is 6.79. The number of fused-ring (bicyclic) bond motifs is 3. The summed E-state index contributed by atoms with van der Waals surface area (Å²) in [5.41, 5.74) is 3.70. The quantitative estimate of drug-likeness (QED) is 0.461. The molecule has 1 heterocycles. The van der Waals surface area contributed by atoms with E-state index in [4.69, 9.17) is 4.74 Å². The van der Waals surface area contributed by atoms with Crippen molar-refractivity contribution in [3.05, 3.63) is 92.3 Å². The second kappa shape index (κ2) is 8.53. The number of alkyl carbamates (subject to hydrolysis) is 1. The summed E-state index contributed by atoms with van der Waals surface area (Å²) in [6.07, 6.45) is 1.08. The van der Waals surface area contributed by atoms with Gasteiger partial charge < -0.3 is 15.0 Å². The molecule has 0 fully saturated rings. The predicted octanol–water partition coefficient (Wildman–Crippen LogP) is 2.34. The van der Waals surface area contributed by atoms with Crippen LogP contribution in [0.5, 0.6) is 0 Å². The largest absolute Gasteiger partial charge is 0.449 e. The van der Waals surface area contributed by atoms with Gasteiger partial charge in [0, 0.05) is 25.1 Å². The van der Waals surface area contributed by atoms with Crippen molar-refractivity contribution in [1.82, 2.24) is 15.3 Å². The summed E-state index contributed by atoms with van der Waals surface area (Å²) >= 11 is 0. The molecule has 1 aliphatic carbocycles. The standard InChI is InChI=1S/C23H19N3O4/c27-21-15(13-25-22(28)26-21)7-5-6-12-24-23(29)30-14-20-18-10-3-1-8-16(18)17-9-2-4-11-19(17)20/h1-4,8-11,13,20H,6,12,14H2,(H,24,29)(H2,25,26,27,28). The lowest BCUT2D eigenvalue weighted by Crippen LogP contribution is -2.26. The molecule has 0 unspecified atom stereocenters. The van der Waals surface area contributed by atoms with E-state index >= 15 is 0 Å². The molecule has 7 nitrogen and oxygen atoms in total. The summed E-state index contributed by atoms with van der Waals surface area (Å²) in [6.45, 7) is 0.531. The van der Waals surface area contributed by atoms with Crippen molar-refractivity contribution >= 4 is 6.09 Å². The highest BCUT2D eigenvalue weighted by Crippen LogP contribution is 2.44. The van der Waals surface area contributed by atoms with E-state index in [1.54, 1.807) is 0 Å². The zero-order valence-corrected chi connectivity index (χ0v) is 16.0. The van der Waals surface area contributed by atoms with Gasteiger partial charge in [-0.05, 0) is 22.3 Å². The van der Waals surface area contributed by atoms with Crippen LogP contribution in [0.15, 0.2) is 64.3 Å². The van der Waals surface area contributed by atoms with Crippen molar-refractivity contribution in [3.8, 4) is 23.0 Å². The van der Waals surface area contributed by atoms with E-state index < -0.39 is 17.3 Å². The number of aromatic amines is 2. The maximum absolute atomic E-state index is 12.1. The molecule has 0 saturated carbocycles. The number of hydrogen-bond donors (Lipinski definition) is 3. The first-order valence-electron chi connectivity index (χ1n) is 9.53. The van der Waals surface area contributed by atoms with Gasteiger partial charge in [0.05, 0.1) is 0 Å². The van der Waals surface area contributed by atoms with Crippen LogP contribution in [0.3, 0.4) is 0 Å². The smallest absolute Gasteiger partial charge is 0.407 e. The number of benzene rings is 2. The topological polar surface area (TPSA) is 104 Å². The molecule has 1 aliphatic rings. The van der Waals surface area contributed by atoms with Gasteiger partial charge in [0.15, 0.2) is 0 Å². The number of carbonyl (C=O) groups is 1. The zero-order valence-electron chi connectivity index (χ0n) is 16.0. The Labute approximate surface area is 172 Å². The van der Waals surface area contributed by atoms with Gasteiger partial charge in [0.1, 0.15) is 12.2 Å². The van der Waals surface area contributed by atoms with E-state index in [9.17, 15) is 14.4 Å². The third-order valence-electron chi connectivity index (χ3n) is 4.91. The number of amides is 1. The SMILES string of the molecule is O=C(NCCC#Cc1c[nH]c(=O)[nH]c1=O)OCC1c2ccccc2-c2ccccc21. The molecule has 2 aromatic carbocycles. The van der Waals surface area contributed by atoms with Crippen molar-refractivity contribution in [2.45, 2.75) is 12.3 Å². The molecule has 0 spiro atoms. The molecule has 0 aliphatic heterocycles. The normalized spacial score (nSPS) is 11.7. The molecule has 1 amide bonds. The Morgan fingerprint density at radius 3 is 2.37 bits per heavy atom. The molecular weight excluding hydrogens is 382 g/mol. The number of rotatable bonds is 4. The van der Waals surface area contributed by atoms with Crippen LogP contribution >= 0.6 is 0 Å². The summed E-state index contributed by atoms with van der Waals surface area (Å²) < 4.78 is 5.44. The Kier molecular flexibility index (Phi) is 5.48. The molecular formula is C23H19N3O4. The molecule has 0 radical (unpaired) electrons. The van der Waals surface area contributed by atoms with Gasteiger partial charge in [-0.3, -0.25) is 9.78 Å². The van der Waals surface area contributed by atoms with Crippen molar-refractivity contribution in [3.63, 3.8) is 0 Å². The maximum atomic E-state index is 12.1. The van der Waals surface area contributed by atoms with Crippen LogP contribution in [-0.2, 0) is 4.74 Å². The van der Waals surface area contributed by atoms with E-state index in [1.165, 1.54) is 17.3 Å². The molecule has 3 N–H and O–H groups in total. The van der Waals surface area contributed by atoms with Crippen LogP contribution in [0.2, 0.25) is 0 Å². The Morgan fingerprint density at radius 1 is 1.03 bits per heavy atom. The fourth-order valence-corrected chi connectivity index (χ4v) is 3.54. The van der Waals surface area contributed by atoms with Crippen LogP contribution in [0.4, 0.5) is 4.79 Å². The Morgan fingerprint density at radius 2 is 1.70 bits per heavy atom. The first kappa shape index (κ1) is 19.3. The van der Waals surface area contributed by atoms with Gasteiger partial charge >= 0.3 is 11.8 Å². The molecule has 0 bridgehead atoms. The van der Waals surface area contributed by atoms with Crippen LogP contribution in [0.25, 0.3) is 11.1 Å². The number of ether oxygens (including phenoxy) is 1. The van der Waals surface area contributed by atoms with E-state index in [2.05, 4.69) is 51.4 Å². The van der Waals surface area contributed by atoms with Crippen LogP contribution in [0, 0.1) is 11.8 Å². The summed E-state index contributed by atoms with van der Waals surface area (Å²) in [6, 6.07) is 16.3. The highest BCUT2D eigenvalue weighted by Gasteiger charge is 2.28. The van der Waals surface area contributed by atoms with Crippen molar-refractivity contribution < 1.29 is 9.53 Å². The molecule has 1 aromatic heterocycles. The fourth-order valence-electron chi connectivity index (χ4n) is 3.54. The first-order chi connectivity index (χ1) is 14.6. The molecule has 0 atom stereocenters. The second-order valence-electron chi connectivity index (χ2n) is 6.79. The number of H-pyrrole nitrogens is 2. The minimum atomic E-state index is -0.581. The fraction of sp³-hybridized carbons (Fsp3) is 0.174. The molecule has 7 heteroatoms. The summed E-state index contributed by atoms with van der Waals surface area (Å²) in [5.74, 6) is 5.44.